The molecule has 0 aliphatic carbocycles. The number of carbonyl (C=O) groups is 2. The zero-order chi connectivity index (χ0) is 21.7. The number of amides is 2. The number of anilines is 2. The summed E-state index contributed by atoms with van der Waals surface area (Å²) < 4.78 is 5.32. The van der Waals surface area contributed by atoms with Gasteiger partial charge in [0.2, 0.25) is 11.9 Å². The maximum absolute atomic E-state index is 12.7. The smallest absolute Gasteiger partial charge is 0.262 e. The highest BCUT2D eigenvalue weighted by Crippen LogP contribution is 2.32. The Hall–Kier alpha value is -3.79. The number of fused-ring (bicyclic) bond motifs is 4. The van der Waals surface area contributed by atoms with Crippen LogP contribution in [0.5, 0.6) is 5.75 Å². The number of hydrogen-bond donors (Lipinski definition) is 3. The molecular weight excluding hydrogens is 418 g/mol. The Labute approximate surface area is 179 Å². The van der Waals surface area contributed by atoms with E-state index in [9.17, 15) is 14.4 Å². The van der Waals surface area contributed by atoms with E-state index < -0.39 is 0 Å². The van der Waals surface area contributed by atoms with Crippen molar-refractivity contribution in [2.24, 2.45) is 0 Å². The molecule has 0 atom stereocenters. The lowest BCUT2D eigenvalue weighted by molar-refractivity contribution is -0.118. The summed E-state index contributed by atoms with van der Waals surface area (Å²) in [5.74, 6) is 0.0475. The van der Waals surface area contributed by atoms with Gasteiger partial charge in [0.05, 0.1) is 17.5 Å². The fourth-order valence-electron chi connectivity index (χ4n) is 3.68. The number of carbonyl (C=O) groups excluding carboxylic acids is 2. The van der Waals surface area contributed by atoms with Crippen molar-refractivity contribution in [3.63, 3.8) is 0 Å². The number of thiophene rings is 1. The highest BCUT2D eigenvalue weighted by Gasteiger charge is 2.18. The van der Waals surface area contributed by atoms with Crippen LogP contribution in [0.4, 0.5) is 11.6 Å². The molecule has 2 amide bonds. The fourth-order valence-corrected chi connectivity index (χ4v) is 4.85. The predicted octanol–water partition coefficient (Wildman–Crippen LogP) is 2.66. The van der Waals surface area contributed by atoms with Crippen molar-refractivity contribution in [2.75, 3.05) is 17.2 Å². The molecule has 0 bridgehead atoms. The number of H-pyrrole nitrogens is 1. The van der Waals surface area contributed by atoms with Gasteiger partial charge in [-0.1, -0.05) is 17.4 Å². The average molecular weight is 435 g/mol. The summed E-state index contributed by atoms with van der Waals surface area (Å²) in [5, 5.41) is 6.62. The number of rotatable bonds is 3. The molecule has 1 aliphatic heterocycles. The first-order chi connectivity index (χ1) is 14.9. The molecule has 3 N–H and O–H groups in total. The van der Waals surface area contributed by atoms with Crippen molar-refractivity contribution in [3.05, 3.63) is 51.4 Å². The molecule has 9 nitrogen and oxygen atoms in total. The molecule has 156 valence electrons. The van der Waals surface area contributed by atoms with E-state index in [1.807, 2.05) is 19.9 Å². The van der Waals surface area contributed by atoms with Crippen LogP contribution in [0.3, 0.4) is 0 Å². The van der Waals surface area contributed by atoms with E-state index in [1.54, 1.807) is 18.2 Å². The third-order valence-electron chi connectivity index (χ3n) is 4.94. The monoisotopic (exact) mass is 435 g/mol. The SMILES string of the molecule is Cc1cc(C)c2c(n1)sc1nc(NC(=O)Cc3ccc4c(c3)NC(=O)CO4)[nH]c(=O)c12. The van der Waals surface area contributed by atoms with Crippen LogP contribution < -0.4 is 20.9 Å². The van der Waals surface area contributed by atoms with Gasteiger partial charge in [0.1, 0.15) is 15.4 Å². The lowest BCUT2D eigenvalue weighted by atomic mass is 10.1. The lowest BCUT2D eigenvalue weighted by Gasteiger charge is -2.18. The number of aromatic nitrogens is 3. The van der Waals surface area contributed by atoms with Crippen LogP contribution in [0.1, 0.15) is 16.8 Å². The molecule has 10 heteroatoms. The van der Waals surface area contributed by atoms with Crippen molar-refractivity contribution in [2.45, 2.75) is 20.3 Å². The van der Waals surface area contributed by atoms with Crippen molar-refractivity contribution in [3.8, 4) is 5.75 Å². The quantitative estimate of drug-likeness (QED) is 0.454. The van der Waals surface area contributed by atoms with E-state index in [4.69, 9.17) is 4.74 Å². The molecule has 0 saturated heterocycles. The zero-order valence-corrected chi connectivity index (χ0v) is 17.5. The third kappa shape index (κ3) is 3.50. The van der Waals surface area contributed by atoms with Gasteiger partial charge in [-0.2, -0.15) is 0 Å². The number of aryl methyl sites for hydroxylation is 2. The third-order valence-corrected chi connectivity index (χ3v) is 5.92. The van der Waals surface area contributed by atoms with Crippen LogP contribution in [0.2, 0.25) is 0 Å². The first kappa shape index (κ1) is 19.2. The van der Waals surface area contributed by atoms with Crippen LogP contribution in [0.15, 0.2) is 29.1 Å². The van der Waals surface area contributed by atoms with Gasteiger partial charge in [-0.3, -0.25) is 24.7 Å². The Balaban J connectivity index is 1.41. The van der Waals surface area contributed by atoms with Crippen molar-refractivity contribution in [1.82, 2.24) is 15.0 Å². The van der Waals surface area contributed by atoms with E-state index >= 15 is 0 Å². The summed E-state index contributed by atoms with van der Waals surface area (Å²) in [7, 11) is 0. The molecule has 0 unspecified atom stereocenters. The number of pyridine rings is 1. The van der Waals surface area contributed by atoms with Gasteiger partial charge in [0.15, 0.2) is 6.61 Å². The van der Waals surface area contributed by atoms with Gasteiger partial charge >= 0.3 is 0 Å². The summed E-state index contributed by atoms with van der Waals surface area (Å²) in [6.07, 6.45) is 0.0389. The van der Waals surface area contributed by atoms with E-state index in [0.29, 0.717) is 27.2 Å². The highest BCUT2D eigenvalue weighted by molar-refractivity contribution is 7.25. The summed E-state index contributed by atoms with van der Waals surface area (Å²) in [6, 6.07) is 7.07. The second-order valence-corrected chi connectivity index (χ2v) is 8.33. The van der Waals surface area contributed by atoms with E-state index in [0.717, 1.165) is 21.5 Å². The number of benzene rings is 1. The van der Waals surface area contributed by atoms with Gasteiger partial charge in [-0.25, -0.2) is 9.97 Å². The van der Waals surface area contributed by atoms with E-state index in [2.05, 4.69) is 25.6 Å². The number of aromatic amines is 1. The topological polar surface area (TPSA) is 126 Å². The molecule has 1 aromatic carbocycles. The minimum absolute atomic E-state index is 0.0271. The Bertz CT molecular complexity index is 1460. The molecule has 4 aromatic rings. The Morgan fingerprint density at radius 3 is 2.81 bits per heavy atom. The van der Waals surface area contributed by atoms with Crippen LogP contribution in [0.25, 0.3) is 20.4 Å². The summed E-state index contributed by atoms with van der Waals surface area (Å²) in [6.45, 7) is 3.81. The number of nitrogens with one attached hydrogen (secondary N) is 3. The molecular formula is C21H17N5O4S. The maximum atomic E-state index is 12.7. The van der Waals surface area contributed by atoms with Gasteiger partial charge in [-0.15, -0.1) is 0 Å². The first-order valence-corrected chi connectivity index (χ1v) is 10.4. The molecule has 5 rings (SSSR count). The second kappa shape index (κ2) is 7.17. The van der Waals surface area contributed by atoms with E-state index in [1.165, 1.54) is 11.3 Å². The standard InChI is InChI=1S/C21H17N5O4S/c1-9-5-10(2)22-19-16(9)17-18(29)25-21(26-20(17)31-19)24-14(27)7-11-3-4-13-12(6-11)23-15(28)8-30-13/h3-6H,7-8H2,1-2H3,(H,23,28)(H2,24,25,26,27,29). The summed E-state index contributed by atoms with van der Waals surface area (Å²) >= 11 is 1.32. The largest absolute Gasteiger partial charge is 0.482 e. The Morgan fingerprint density at radius 1 is 1.16 bits per heavy atom. The Morgan fingerprint density at radius 2 is 1.97 bits per heavy atom. The summed E-state index contributed by atoms with van der Waals surface area (Å²) in [4.78, 5) is 49.6. The van der Waals surface area contributed by atoms with Crippen molar-refractivity contribution < 1.29 is 14.3 Å². The van der Waals surface area contributed by atoms with Crippen molar-refractivity contribution in [1.29, 1.82) is 0 Å². The highest BCUT2D eigenvalue weighted by atomic mass is 32.1. The van der Waals surface area contributed by atoms with Crippen molar-refractivity contribution >= 4 is 55.2 Å². The second-order valence-electron chi connectivity index (χ2n) is 7.35. The van der Waals surface area contributed by atoms with E-state index in [-0.39, 0.29) is 36.3 Å². The van der Waals surface area contributed by atoms with Crippen LogP contribution in [0, 0.1) is 13.8 Å². The number of nitrogens with zero attached hydrogens (tertiary/aromatic N) is 2. The summed E-state index contributed by atoms with van der Waals surface area (Å²) in [5.41, 5.74) is 2.71. The zero-order valence-electron chi connectivity index (χ0n) is 16.7. The molecule has 0 saturated carbocycles. The van der Waals surface area contributed by atoms with Crippen LogP contribution in [-0.2, 0) is 16.0 Å². The van der Waals surface area contributed by atoms with Crippen LogP contribution >= 0.6 is 11.3 Å². The molecule has 0 spiro atoms. The van der Waals surface area contributed by atoms with Gasteiger partial charge in [0, 0.05) is 11.1 Å². The molecule has 0 fully saturated rings. The normalized spacial score (nSPS) is 13.0. The number of ether oxygens (including phenoxy) is 1. The molecule has 1 aliphatic rings. The average Bonchev–Trinajstić information content (AvgIpc) is 3.06. The maximum Gasteiger partial charge on any atom is 0.262 e. The fraction of sp³-hybridized carbons (Fsp3) is 0.190. The minimum atomic E-state index is -0.350. The van der Waals surface area contributed by atoms with Gasteiger partial charge in [-0.05, 0) is 43.2 Å². The lowest BCUT2D eigenvalue weighted by Crippen LogP contribution is -2.25. The van der Waals surface area contributed by atoms with Gasteiger partial charge in [0.25, 0.3) is 11.5 Å². The van der Waals surface area contributed by atoms with Crippen LogP contribution in [-0.4, -0.2) is 33.4 Å². The Kier molecular flexibility index (Phi) is 4.44. The molecule has 31 heavy (non-hydrogen) atoms. The molecule has 3 aromatic heterocycles. The molecule has 0 radical (unpaired) electrons. The first-order valence-electron chi connectivity index (χ1n) is 9.53. The minimum Gasteiger partial charge on any atom is -0.482 e. The molecule has 4 heterocycles. The van der Waals surface area contributed by atoms with Gasteiger partial charge < -0.3 is 10.1 Å². The predicted molar refractivity (Wildman–Crippen MR) is 118 cm³/mol. The number of hydrogen-bond acceptors (Lipinski definition) is 7.